The van der Waals surface area contributed by atoms with Crippen molar-refractivity contribution < 1.29 is 9.53 Å². The number of aliphatic hydroxyl groups excluding tert-OH is 1. The van der Waals surface area contributed by atoms with Gasteiger partial charge in [-0.3, -0.25) is 0 Å². The van der Waals surface area contributed by atoms with Crippen molar-refractivity contribution in [1.29, 1.82) is 0 Å². The van der Waals surface area contributed by atoms with E-state index < -0.39 is 22.5 Å². The van der Waals surface area contributed by atoms with Crippen molar-refractivity contribution in [2.45, 2.75) is 143 Å². The van der Waals surface area contributed by atoms with Gasteiger partial charge in [0.05, 0.1) is 0 Å². The third kappa shape index (κ3) is 8.22. The molecule has 0 aliphatic heterocycles. The summed E-state index contributed by atoms with van der Waals surface area (Å²) in [7, 11) is -3.49. The highest BCUT2D eigenvalue weighted by Gasteiger charge is 2.42. The lowest BCUT2D eigenvalue weighted by atomic mass is 9.63. The van der Waals surface area contributed by atoms with E-state index in [1.807, 2.05) is 12.2 Å². The van der Waals surface area contributed by atoms with Gasteiger partial charge in [-0.1, -0.05) is 105 Å². The Bertz CT molecular complexity index is 915. The van der Waals surface area contributed by atoms with Crippen molar-refractivity contribution in [3.63, 3.8) is 0 Å². The molecule has 2 nitrogen and oxygen atoms in total. The zero-order valence-corrected chi connectivity index (χ0v) is 28.7. The quantitative estimate of drug-likeness (QED) is 0.188. The van der Waals surface area contributed by atoms with Crippen LogP contribution < -0.4 is 0 Å². The Hall–Kier alpha value is -1.05. The lowest BCUT2D eigenvalue weighted by molar-refractivity contribution is 0.0747. The standard InChI is InChI=1S/C33H58O2Si2/c1-25(2)37(26(3)4,27(5)6)24-18-16-15-17-19-31(34)30-21-20-28(7)29(33(30,11)12)22-23-35-36(13,14)32(8,9)10/h15-16,25-27,30-31,34H,20-23H2,1-14H3/b16-15-/t30-,31+/m0/s1. The van der Waals surface area contributed by atoms with Gasteiger partial charge in [0.25, 0.3) is 0 Å². The molecule has 210 valence electrons. The highest BCUT2D eigenvalue weighted by Crippen LogP contribution is 2.48. The monoisotopic (exact) mass is 542 g/mol. The number of rotatable bonds is 8. The zero-order valence-electron chi connectivity index (χ0n) is 26.7. The molecule has 0 radical (unpaired) electrons. The van der Waals surface area contributed by atoms with E-state index in [1.54, 1.807) is 0 Å². The molecule has 1 aliphatic carbocycles. The summed E-state index contributed by atoms with van der Waals surface area (Å²) >= 11 is 0. The molecule has 37 heavy (non-hydrogen) atoms. The molecule has 1 aliphatic rings. The normalized spacial score (nSPS) is 19.8. The molecular weight excluding hydrogens is 485 g/mol. The minimum absolute atomic E-state index is 0.103. The summed E-state index contributed by atoms with van der Waals surface area (Å²) in [6, 6.07) is 0. The number of hydrogen-bond donors (Lipinski definition) is 1. The van der Waals surface area contributed by atoms with Crippen molar-refractivity contribution >= 4 is 16.4 Å². The number of aliphatic hydroxyl groups is 1. The van der Waals surface area contributed by atoms with E-state index in [4.69, 9.17) is 4.43 Å². The highest BCUT2D eigenvalue weighted by atomic mass is 28.4. The summed E-state index contributed by atoms with van der Waals surface area (Å²) in [6.07, 6.45) is 5.99. The third-order valence-electron chi connectivity index (χ3n) is 9.69. The predicted octanol–water partition coefficient (Wildman–Crippen LogP) is 9.29. The minimum atomic E-state index is -1.77. The van der Waals surface area contributed by atoms with Crippen LogP contribution in [-0.2, 0) is 4.43 Å². The lowest BCUT2D eigenvalue weighted by Crippen LogP contribution is -2.43. The molecule has 1 N–H and O–H groups in total. The summed E-state index contributed by atoms with van der Waals surface area (Å²) in [6.45, 7) is 33.1. The van der Waals surface area contributed by atoms with Gasteiger partial charge in [0.15, 0.2) is 8.32 Å². The van der Waals surface area contributed by atoms with Crippen LogP contribution in [0.15, 0.2) is 23.3 Å². The van der Waals surface area contributed by atoms with Crippen LogP contribution in [0.4, 0.5) is 0 Å². The largest absolute Gasteiger partial charge is 0.417 e. The second kappa shape index (κ2) is 13.3. The Balaban J connectivity index is 2.97. The molecule has 0 aromatic heterocycles. The van der Waals surface area contributed by atoms with E-state index in [0.717, 1.165) is 25.9 Å². The summed E-state index contributed by atoms with van der Waals surface area (Å²) in [5.74, 6) is 9.67. The van der Waals surface area contributed by atoms with Crippen LogP contribution >= 0.6 is 0 Å². The van der Waals surface area contributed by atoms with Crippen LogP contribution in [0.3, 0.4) is 0 Å². The molecule has 0 amide bonds. The first-order valence-electron chi connectivity index (χ1n) is 14.5. The van der Waals surface area contributed by atoms with Crippen molar-refractivity contribution in [2.24, 2.45) is 11.3 Å². The van der Waals surface area contributed by atoms with Gasteiger partial charge >= 0.3 is 0 Å². The SMILES string of the molecule is CC1=C(CCO[Si](C)(C)C(C)(C)C)C(C)(C)[C@H]([C@H](O)C#C/C=C\C#C[Si](C(C)C)(C(C)C)C(C)C)CC1. The Kier molecular flexibility index (Phi) is 12.3. The second-order valence-corrected chi connectivity index (χ2v) is 24.6. The smallest absolute Gasteiger partial charge is 0.191 e. The van der Waals surface area contributed by atoms with Crippen molar-refractivity contribution in [1.82, 2.24) is 0 Å². The fourth-order valence-corrected chi connectivity index (χ4v) is 12.5. The van der Waals surface area contributed by atoms with Gasteiger partial charge in [0.2, 0.25) is 0 Å². The molecule has 0 aromatic rings. The number of allylic oxidation sites excluding steroid dienone is 3. The molecule has 0 spiro atoms. The molecule has 0 heterocycles. The van der Waals surface area contributed by atoms with Gasteiger partial charge in [-0.05, 0) is 78.5 Å². The molecule has 0 saturated heterocycles. The van der Waals surface area contributed by atoms with Crippen LogP contribution in [-0.4, -0.2) is 34.2 Å². The van der Waals surface area contributed by atoms with Gasteiger partial charge in [0.1, 0.15) is 14.2 Å². The molecule has 2 atom stereocenters. The van der Waals surface area contributed by atoms with Crippen molar-refractivity contribution in [2.75, 3.05) is 6.61 Å². The number of hydrogen-bond acceptors (Lipinski definition) is 2. The Morgan fingerprint density at radius 1 is 1.00 bits per heavy atom. The van der Waals surface area contributed by atoms with Crippen molar-refractivity contribution in [3.8, 4) is 23.3 Å². The third-order valence-corrected chi connectivity index (χ3v) is 20.5. The second-order valence-electron chi connectivity index (χ2n) is 14.2. The first kappa shape index (κ1) is 34.0. The fourth-order valence-electron chi connectivity index (χ4n) is 6.29. The predicted molar refractivity (Wildman–Crippen MR) is 169 cm³/mol. The van der Waals surface area contributed by atoms with Gasteiger partial charge in [-0.15, -0.1) is 5.54 Å². The maximum Gasteiger partial charge on any atom is 0.191 e. The molecule has 0 aromatic carbocycles. The Labute approximate surface area is 233 Å². The molecule has 0 fully saturated rings. The van der Waals surface area contributed by atoms with E-state index in [-0.39, 0.29) is 16.4 Å². The average molecular weight is 543 g/mol. The summed E-state index contributed by atoms with van der Waals surface area (Å²) < 4.78 is 6.50. The van der Waals surface area contributed by atoms with Crippen LogP contribution in [0, 0.1) is 34.6 Å². The molecule has 4 heteroatoms. The maximum absolute atomic E-state index is 11.1. The van der Waals surface area contributed by atoms with Crippen LogP contribution in [0.2, 0.25) is 34.8 Å². The van der Waals surface area contributed by atoms with Gasteiger partial charge in [-0.25, -0.2) is 0 Å². The van der Waals surface area contributed by atoms with E-state index in [9.17, 15) is 5.11 Å². The summed E-state index contributed by atoms with van der Waals surface area (Å²) in [4.78, 5) is 0. The molecule has 0 bridgehead atoms. The molecule has 1 rings (SSSR count). The van der Waals surface area contributed by atoms with Crippen LogP contribution in [0.5, 0.6) is 0 Å². The molecule has 0 saturated carbocycles. The summed E-state index contributed by atoms with van der Waals surface area (Å²) in [5.41, 5.74) is 8.36. The average Bonchev–Trinajstić information content (AvgIpc) is 2.73. The first-order chi connectivity index (χ1) is 16.8. The first-order valence-corrected chi connectivity index (χ1v) is 19.7. The van der Waals surface area contributed by atoms with Crippen LogP contribution in [0.1, 0.15) is 102 Å². The summed E-state index contributed by atoms with van der Waals surface area (Å²) in [5, 5.41) is 11.3. The van der Waals surface area contributed by atoms with E-state index >= 15 is 0 Å². The fraction of sp³-hybridized carbons (Fsp3) is 0.758. The molecular formula is C33H58O2Si2. The van der Waals surface area contributed by atoms with Gasteiger partial charge in [0, 0.05) is 12.5 Å². The van der Waals surface area contributed by atoms with E-state index in [1.165, 1.54) is 11.1 Å². The van der Waals surface area contributed by atoms with Crippen LogP contribution in [0.25, 0.3) is 0 Å². The minimum Gasteiger partial charge on any atom is -0.417 e. The molecule has 0 unspecified atom stereocenters. The van der Waals surface area contributed by atoms with Gasteiger partial charge in [-0.2, -0.15) is 0 Å². The van der Waals surface area contributed by atoms with E-state index in [2.05, 4.69) is 119 Å². The van der Waals surface area contributed by atoms with Gasteiger partial charge < -0.3 is 9.53 Å². The van der Waals surface area contributed by atoms with E-state index in [0.29, 0.717) is 16.6 Å². The Morgan fingerprint density at radius 2 is 1.51 bits per heavy atom. The zero-order chi connectivity index (χ0) is 28.8. The van der Waals surface area contributed by atoms with Crippen molar-refractivity contribution in [3.05, 3.63) is 23.3 Å². The topological polar surface area (TPSA) is 29.5 Å². The Morgan fingerprint density at radius 3 is 2.00 bits per heavy atom. The maximum atomic E-state index is 11.1. The highest BCUT2D eigenvalue weighted by molar-refractivity contribution is 6.90. The lowest BCUT2D eigenvalue weighted by Gasteiger charge is -2.44.